The molecule has 2 nitrogen and oxygen atoms in total. The molecule has 2 heteroatoms. The number of aromatic nitrogens is 2. The van der Waals surface area contributed by atoms with E-state index in [9.17, 15) is 0 Å². The topological polar surface area (TPSA) is 28.7 Å². The van der Waals surface area contributed by atoms with Crippen LogP contribution in [0.3, 0.4) is 0 Å². The van der Waals surface area contributed by atoms with Gasteiger partial charge in [0.1, 0.15) is 0 Å². The Morgan fingerprint density at radius 3 is 2.35 bits per heavy atom. The second kappa shape index (κ2) is 8.84. The molecule has 0 amide bonds. The van der Waals surface area contributed by atoms with Crippen LogP contribution in [-0.2, 0) is 5.41 Å². The molecular formula is C18H30N2. The number of hydrogen-bond donors (Lipinski definition) is 1. The first-order valence-electron chi connectivity index (χ1n) is 8.18. The normalized spacial score (nSPS) is 13.9. The molecule has 112 valence electrons. The van der Waals surface area contributed by atoms with E-state index in [2.05, 4.69) is 36.7 Å². The van der Waals surface area contributed by atoms with Gasteiger partial charge < -0.3 is 4.98 Å². The predicted molar refractivity (Wildman–Crippen MR) is 86.8 cm³/mol. The van der Waals surface area contributed by atoms with Crippen LogP contribution < -0.4 is 0 Å². The molecule has 0 aliphatic carbocycles. The number of nitrogens with one attached hydrogen (secondary N) is 1. The summed E-state index contributed by atoms with van der Waals surface area (Å²) in [5, 5.41) is 0. The Morgan fingerprint density at radius 1 is 1.10 bits per heavy atom. The van der Waals surface area contributed by atoms with Crippen molar-refractivity contribution in [2.45, 2.75) is 84.0 Å². The second-order valence-corrected chi connectivity index (χ2v) is 6.11. The summed E-state index contributed by atoms with van der Waals surface area (Å²) in [4.78, 5) is 7.68. The average Bonchev–Trinajstić information content (AvgIpc) is 2.94. The van der Waals surface area contributed by atoms with Gasteiger partial charge in [-0.2, -0.15) is 0 Å². The fraction of sp³-hybridized carbons (Fsp3) is 0.722. The van der Waals surface area contributed by atoms with Gasteiger partial charge in [-0.1, -0.05) is 65.7 Å². The summed E-state index contributed by atoms with van der Waals surface area (Å²) in [7, 11) is 0. The molecule has 0 saturated heterocycles. The summed E-state index contributed by atoms with van der Waals surface area (Å²) in [6.07, 6.45) is 19.0. The number of H-pyrrole nitrogens is 1. The maximum absolute atomic E-state index is 5.42. The van der Waals surface area contributed by atoms with Gasteiger partial charge in [0.25, 0.3) is 0 Å². The van der Waals surface area contributed by atoms with Crippen LogP contribution in [0, 0.1) is 12.3 Å². The average molecular weight is 274 g/mol. The smallest absolute Gasteiger partial charge is 0.182 e. The summed E-state index contributed by atoms with van der Waals surface area (Å²) in [5.74, 6) is 3.25. The largest absolute Gasteiger partial charge is 0.338 e. The Labute approximate surface area is 124 Å². The fourth-order valence-corrected chi connectivity index (χ4v) is 2.77. The molecular weight excluding hydrogens is 244 g/mol. The highest BCUT2D eigenvalue weighted by atomic mass is 14.9. The lowest BCUT2D eigenvalue weighted by Gasteiger charge is -2.28. The van der Waals surface area contributed by atoms with Gasteiger partial charge in [0.05, 0.1) is 5.69 Å². The van der Waals surface area contributed by atoms with Gasteiger partial charge in [0.15, 0.2) is 5.82 Å². The lowest BCUT2D eigenvalue weighted by molar-refractivity contribution is 0.360. The molecule has 0 spiro atoms. The Kier molecular flexibility index (Phi) is 7.44. The molecule has 0 aliphatic heterocycles. The number of imidazole rings is 1. The Balaban J connectivity index is 2.63. The van der Waals surface area contributed by atoms with Crippen molar-refractivity contribution >= 4 is 0 Å². The molecule has 0 saturated carbocycles. The molecule has 20 heavy (non-hydrogen) atoms. The molecule has 0 aliphatic rings. The van der Waals surface area contributed by atoms with Crippen molar-refractivity contribution in [2.75, 3.05) is 0 Å². The molecule has 1 aromatic rings. The van der Waals surface area contributed by atoms with Crippen molar-refractivity contribution in [2.24, 2.45) is 0 Å². The van der Waals surface area contributed by atoms with Crippen molar-refractivity contribution in [1.29, 1.82) is 0 Å². The Morgan fingerprint density at radius 2 is 1.75 bits per heavy atom. The highest BCUT2D eigenvalue weighted by molar-refractivity contribution is 5.22. The van der Waals surface area contributed by atoms with Crippen molar-refractivity contribution < 1.29 is 0 Å². The van der Waals surface area contributed by atoms with Crippen molar-refractivity contribution in [3.63, 3.8) is 0 Å². The Bertz CT molecular complexity index is 413. The summed E-state index contributed by atoms with van der Waals surface area (Å²) in [6, 6.07) is 0. The number of hydrogen-bond acceptors (Lipinski definition) is 1. The maximum atomic E-state index is 5.42. The van der Waals surface area contributed by atoms with Crippen LogP contribution in [0.4, 0.5) is 0 Å². The van der Waals surface area contributed by atoms with E-state index < -0.39 is 0 Å². The van der Waals surface area contributed by atoms with Crippen molar-refractivity contribution in [3.8, 4) is 12.3 Å². The zero-order chi connectivity index (χ0) is 14.8. The molecule has 0 bridgehead atoms. The van der Waals surface area contributed by atoms with Crippen LogP contribution in [0.25, 0.3) is 0 Å². The van der Waals surface area contributed by atoms with Gasteiger partial charge in [-0.15, -0.1) is 6.42 Å². The second-order valence-electron chi connectivity index (χ2n) is 6.11. The Hall–Kier alpha value is -1.23. The first-order chi connectivity index (χ1) is 9.66. The van der Waals surface area contributed by atoms with Gasteiger partial charge in [-0.3, -0.25) is 0 Å². The van der Waals surface area contributed by atoms with Crippen molar-refractivity contribution in [3.05, 3.63) is 17.7 Å². The van der Waals surface area contributed by atoms with Gasteiger partial charge in [0, 0.05) is 11.6 Å². The molecule has 1 unspecified atom stereocenters. The van der Waals surface area contributed by atoms with E-state index in [0.29, 0.717) is 5.82 Å². The van der Waals surface area contributed by atoms with Gasteiger partial charge in [-0.05, 0) is 18.8 Å². The zero-order valence-corrected chi connectivity index (χ0v) is 13.5. The number of unbranched alkanes of at least 4 members (excludes halogenated alkanes) is 5. The van der Waals surface area contributed by atoms with Gasteiger partial charge in [0.2, 0.25) is 0 Å². The fourth-order valence-electron chi connectivity index (χ4n) is 2.77. The molecule has 0 radical (unpaired) electrons. The van der Waals surface area contributed by atoms with Crippen molar-refractivity contribution in [1.82, 2.24) is 9.97 Å². The lowest BCUT2D eigenvalue weighted by Crippen LogP contribution is -2.22. The van der Waals surface area contributed by atoms with E-state index in [1.165, 1.54) is 57.8 Å². The van der Waals surface area contributed by atoms with Crippen LogP contribution in [0.15, 0.2) is 6.20 Å². The van der Waals surface area contributed by atoms with E-state index in [-0.39, 0.29) is 5.41 Å². The van der Waals surface area contributed by atoms with E-state index >= 15 is 0 Å². The summed E-state index contributed by atoms with van der Waals surface area (Å²) >= 11 is 0. The lowest BCUT2D eigenvalue weighted by atomic mass is 9.77. The van der Waals surface area contributed by atoms with Gasteiger partial charge >= 0.3 is 0 Å². The molecule has 1 N–H and O–H groups in total. The molecule has 1 atom stereocenters. The standard InChI is InChI=1S/C18H30N2/c1-5-8-10-11-12-14-18(4,13-9-6-2)16-15-19-17(7-3)20-16/h3,15H,5-6,8-14H2,1-2,4H3,(H,19,20). The first-order valence-corrected chi connectivity index (χ1v) is 8.18. The maximum Gasteiger partial charge on any atom is 0.182 e. The highest BCUT2D eigenvalue weighted by Crippen LogP contribution is 2.34. The third-order valence-corrected chi connectivity index (χ3v) is 4.25. The molecule has 1 rings (SSSR count). The number of nitrogens with zero attached hydrogens (tertiary/aromatic N) is 1. The first kappa shape index (κ1) is 16.8. The van der Waals surface area contributed by atoms with Crippen LogP contribution in [-0.4, -0.2) is 9.97 Å². The highest BCUT2D eigenvalue weighted by Gasteiger charge is 2.28. The van der Waals surface area contributed by atoms with E-state index in [0.717, 1.165) is 5.69 Å². The summed E-state index contributed by atoms with van der Waals surface area (Å²) in [6.45, 7) is 6.86. The molecule has 0 aromatic carbocycles. The molecule has 1 aromatic heterocycles. The summed E-state index contributed by atoms with van der Waals surface area (Å²) < 4.78 is 0. The van der Waals surface area contributed by atoms with E-state index in [1.807, 2.05) is 6.20 Å². The van der Waals surface area contributed by atoms with Crippen LogP contribution in [0.1, 0.15) is 90.1 Å². The van der Waals surface area contributed by atoms with Crippen LogP contribution >= 0.6 is 0 Å². The van der Waals surface area contributed by atoms with Gasteiger partial charge in [-0.25, -0.2) is 4.98 Å². The van der Waals surface area contributed by atoms with E-state index in [1.54, 1.807) is 0 Å². The van der Waals surface area contributed by atoms with Crippen LogP contribution in [0.5, 0.6) is 0 Å². The quantitative estimate of drug-likeness (QED) is 0.461. The van der Waals surface area contributed by atoms with E-state index in [4.69, 9.17) is 6.42 Å². The molecule has 0 fully saturated rings. The monoisotopic (exact) mass is 274 g/mol. The van der Waals surface area contributed by atoms with Crippen LogP contribution in [0.2, 0.25) is 0 Å². The molecule has 1 heterocycles. The predicted octanol–water partition coefficient (Wildman–Crippen LogP) is 5.20. The SMILES string of the molecule is C#Cc1nc(C(C)(CCCC)CCCCCCC)c[nH]1. The summed E-state index contributed by atoms with van der Waals surface area (Å²) in [5.41, 5.74) is 1.32. The third kappa shape index (κ3) is 5.04. The minimum absolute atomic E-state index is 0.174. The number of rotatable bonds is 10. The number of aromatic amines is 1. The minimum Gasteiger partial charge on any atom is -0.338 e. The number of terminal acetylenes is 1. The minimum atomic E-state index is 0.174. The zero-order valence-electron chi connectivity index (χ0n) is 13.5. The third-order valence-electron chi connectivity index (χ3n) is 4.25.